The summed E-state index contributed by atoms with van der Waals surface area (Å²) in [5.74, 6) is 1.13. The summed E-state index contributed by atoms with van der Waals surface area (Å²) in [5.41, 5.74) is 2.46. The minimum Gasteiger partial charge on any atom is -0.393 e. The van der Waals surface area contributed by atoms with Crippen molar-refractivity contribution in [2.24, 2.45) is 12.5 Å². The van der Waals surface area contributed by atoms with Gasteiger partial charge < -0.3 is 9.67 Å². The second-order valence-electron chi connectivity index (χ2n) is 5.96. The van der Waals surface area contributed by atoms with Crippen molar-refractivity contribution in [2.75, 3.05) is 0 Å². The number of benzene rings is 1. The Bertz CT molecular complexity index is 575. The van der Waals surface area contributed by atoms with Crippen molar-refractivity contribution >= 4 is 11.0 Å². The summed E-state index contributed by atoms with van der Waals surface area (Å²) >= 11 is 0. The van der Waals surface area contributed by atoms with E-state index in [0.29, 0.717) is 0 Å². The van der Waals surface area contributed by atoms with Gasteiger partial charge in [0.1, 0.15) is 5.82 Å². The molecule has 3 rings (SSSR count). The minimum absolute atomic E-state index is 0.121. The summed E-state index contributed by atoms with van der Waals surface area (Å²) in [7, 11) is 2.08. The zero-order chi connectivity index (χ0) is 12.8. The van der Waals surface area contributed by atoms with E-state index < -0.39 is 0 Å². The summed E-state index contributed by atoms with van der Waals surface area (Å²) in [6.07, 6.45) is 3.76. The van der Waals surface area contributed by atoms with Crippen LogP contribution in [0, 0.1) is 5.41 Å². The molecule has 0 spiro atoms. The molecule has 18 heavy (non-hydrogen) atoms. The maximum absolute atomic E-state index is 9.72. The highest BCUT2D eigenvalue weighted by molar-refractivity contribution is 5.75. The molecule has 3 nitrogen and oxygen atoms in total. The molecule has 1 heterocycles. The van der Waals surface area contributed by atoms with Gasteiger partial charge >= 0.3 is 0 Å². The Hall–Kier alpha value is -1.35. The Labute approximate surface area is 107 Å². The summed E-state index contributed by atoms with van der Waals surface area (Å²) in [5, 5.41) is 9.72. The zero-order valence-electron chi connectivity index (χ0n) is 11.1. The molecule has 1 aliphatic rings. The van der Waals surface area contributed by atoms with Crippen LogP contribution in [-0.2, 0) is 13.5 Å². The van der Waals surface area contributed by atoms with E-state index in [1.165, 1.54) is 5.52 Å². The normalized spacial score (nSPS) is 28.1. The van der Waals surface area contributed by atoms with Crippen LogP contribution in [-0.4, -0.2) is 20.8 Å². The highest BCUT2D eigenvalue weighted by Crippen LogP contribution is 2.40. The Morgan fingerprint density at radius 1 is 1.44 bits per heavy atom. The van der Waals surface area contributed by atoms with Crippen LogP contribution in [0.25, 0.3) is 11.0 Å². The van der Waals surface area contributed by atoms with E-state index in [4.69, 9.17) is 4.98 Å². The van der Waals surface area contributed by atoms with Gasteiger partial charge in [0, 0.05) is 13.5 Å². The van der Waals surface area contributed by atoms with E-state index in [1.807, 2.05) is 6.07 Å². The monoisotopic (exact) mass is 244 g/mol. The third-order valence-corrected chi connectivity index (χ3v) is 4.27. The van der Waals surface area contributed by atoms with Crippen LogP contribution in [0.15, 0.2) is 24.3 Å². The maximum Gasteiger partial charge on any atom is 0.110 e. The van der Waals surface area contributed by atoms with Gasteiger partial charge in [-0.05, 0) is 36.8 Å². The van der Waals surface area contributed by atoms with Gasteiger partial charge in [0.2, 0.25) is 0 Å². The van der Waals surface area contributed by atoms with Crippen LogP contribution in [0.1, 0.15) is 32.0 Å². The van der Waals surface area contributed by atoms with Crippen LogP contribution in [0.3, 0.4) is 0 Å². The number of aryl methyl sites for hydroxylation is 1. The standard InChI is InChI=1S/C15H20N2O/c1-15(8-7-11(18)9-15)10-14-16-12-5-3-4-6-13(12)17(14)2/h3-6,11,18H,7-10H2,1-2H3. The van der Waals surface area contributed by atoms with Gasteiger partial charge in [-0.25, -0.2) is 4.98 Å². The quantitative estimate of drug-likeness (QED) is 0.882. The van der Waals surface area contributed by atoms with E-state index in [-0.39, 0.29) is 11.5 Å². The summed E-state index contributed by atoms with van der Waals surface area (Å²) in [6.45, 7) is 2.27. The molecule has 2 unspecified atom stereocenters. The smallest absolute Gasteiger partial charge is 0.110 e. The second kappa shape index (κ2) is 4.09. The molecule has 0 amide bonds. The van der Waals surface area contributed by atoms with Crippen molar-refractivity contribution < 1.29 is 5.11 Å². The van der Waals surface area contributed by atoms with Gasteiger partial charge in [-0.1, -0.05) is 19.1 Å². The van der Waals surface area contributed by atoms with Crippen LogP contribution in [0.5, 0.6) is 0 Å². The number of hydrogen-bond donors (Lipinski definition) is 1. The number of aliphatic hydroxyl groups is 1. The Morgan fingerprint density at radius 2 is 2.22 bits per heavy atom. The third-order valence-electron chi connectivity index (χ3n) is 4.27. The molecule has 3 heteroatoms. The molecule has 1 fully saturated rings. The number of nitrogens with zero attached hydrogens (tertiary/aromatic N) is 2. The predicted octanol–water partition coefficient (Wildman–Crippen LogP) is 2.67. The molecule has 2 aromatic rings. The number of aromatic nitrogens is 2. The molecule has 0 radical (unpaired) electrons. The molecule has 1 aromatic heterocycles. The topological polar surface area (TPSA) is 38.0 Å². The molecule has 1 aromatic carbocycles. The van der Waals surface area contributed by atoms with E-state index >= 15 is 0 Å². The molecule has 0 saturated heterocycles. The van der Waals surface area contributed by atoms with Gasteiger partial charge in [0.05, 0.1) is 17.1 Å². The van der Waals surface area contributed by atoms with Crippen molar-refractivity contribution in [1.29, 1.82) is 0 Å². The van der Waals surface area contributed by atoms with Crippen molar-refractivity contribution in [3.63, 3.8) is 0 Å². The van der Waals surface area contributed by atoms with E-state index in [2.05, 4.69) is 36.7 Å². The molecule has 1 saturated carbocycles. The van der Waals surface area contributed by atoms with Crippen molar-refractivity contribution in [3.8, 4) is 0 Å². The van der Waals surface area contributed by atoms with Crippen LogP contribution in [0.2, 0.25) is 0 Å². The number of imidazole rings is 1. The lowest BCUT2D eigenvalue weighted by molar-refractivity contribution is 0.163. The lowest BCUT2D eigenvalue weighted by atomic mass is 9.85. The van der Waals surface area contributed by atoms with Crippen molar-refractivity contribution in [3.05, 3.63) is 30.1 Å². The van der Waals surface area contributed by atoms with E-state index in [9.17, 15) is 5.11 Å². The lowest BCUT2D eigenvalue weighted by Gasteiger charge is -2.22. The molecule has 0 aliphatic heterocycles. The SMILES string of the molecule is Cn1c(CC2(C)CCC(O)C2)nc2ccccc21. The lowest BCUT2D eigenvalue weighted by Crippen LogP contribution is -2.19. The van der Waals surface area contributed by atoms with Crippen LogP contribution in [0.4, 0.5) is 0 Å². The minimum atomic E-state index is -0.121. The fraction of sp³-hybridized carbons (Fsp3) is 0.533. The average Bonchev–Trinajstić information content (AvgIpc) is 2.82. The number of aliphatic hydroxyl groups excluding tert-OH is 1. The third kappa shape index (κ3) is 1.93. The average molecular weight is 244 g/mol. The van der Waals surface area contributed by atoms with Gasteiger partial charge in [0.15, 0.2) is 0 Å². The first-order chi connectivity index (χ1) is 8.57. The fourth-order valence-corrected chi connectivity index (χ4v) is 3.18. The van der Waals surface area contributed by atoms with Crippen molar-refractivity contribution in [1.82, 2.24) is 9.55 Å². The molecule has 1 N–H and O–H groups in total. The van der Waals surface area contributed by atoms with Gasteiger partial charge in [-0.3, -0.25) is 0 Å². The highest BCUT2D eigenvalue weighted by Gasteiger charge is 2.35. The Balaban J connectivity index is 1.93. The molecular weight excluding hydrogens is 224 g/mol. The predicted molar refractivity (Wildman–Crippen MR) is 72.4 cm³/mol. The van der Waals surface area contributed by atoms with E-state index in [1.54, 1.807) is 0 Å². The van der Waals surface area contributed by atoms with Gasteiger partial charge in [-0.15, -0.1) is 0 Å². The molecule has 2 atom stereocenters. The fourth-order valence-electron chi connectivity index (χ4n) is 3.18. The van der Waals surface area contributed by atoms with Crippen LogP contribution < -0.4 is 0 Å². The molecular formula is C15H20N2O. The largest absolute Gasteiger partial charge is 0.393 e. The Kier molecular flexibility index (Phi) is 2.67. The first-order valence-electron chi connectivity index (χ1n) is 6.66. The molecule has 96 valence electrons. The van der Waals surface area contributed by atoms with Crippen LogP contribution >= 0.6 is 0 Å². The molecule has 0 bridgehead atoms. The Morgan fingerprint density at radius 3 is 2.89 bits per heavy atom. The number of rotatable bonds is 2. The summed E-state index contributed by atoms with van der Waals surface area (Å²) in [6, 6.07) is 8.25. The van der Waals surface area contributed by atoms with Gasteiger partial charge in [0.25, 0.3) is 0 Å². The summed E-state index contributed by atoms with van der Waals surface area (Å²) < 4.78 is 2.19. The summed E-state index contributed by atoms with van der Waals surface area (Å²) in [4.78, 5) is 4.73. The van der Waals surface area contributed by atoms with Gasteiger partial charge in [-0.2, -0.15) is 0 Å². The number of fused-ring (bicyclic) bond motifs is 1. The van der Waals surface area contributed by atoms with E-state index in [0.717, 1.165) is 37.0 Å². The number of hydrogen-bond acceptors (Lipinski definition) is 2. The first-order valence-corrected chi connectivity index (χ1v) is 6.66. The van der Waals surface area contributed by atoms with Crippen molar-refractivity contribution in [2.45, 2.75) is 38.7 Å². The maximum atomic E-state index is 9.72. The zero-order valence-corrected chi connectivity index (χ0v) is 11.1. The molecule has 1 aliphatic carbocycles. The second-order valence-corrected chi connectivity index (χ2v) is 5.96. The first kappa shape index (κ1) is 11.7. The number of para-hydroxylation sites is 2. The highest BCUT2D eigenvalue weighted by atomic mass is 16.3.